The summed E-state index contributed by atoms with van der Waals surface area (Å²) in [5.74, 6) is 0.513. The van der Waals surface area contributed by atoms with Gasteiger partial charge in [-0.05, 0) is 54.6 Å². The number of carbonyl (C=O) groups is 1. The van der Waals surface area contributed by atoms with E-state index < -0.39 is 0 Å². The van der Waals surface area contributed by atoms with Crippen LogP contribution in [0.3, 0.4) is 0 Å². The molecule has 0 unspecified atom stereocenters. The molecule has 0 saturated heterocycles. The van der Waals surface area contributed by atoms with Crippen LogP contribution in [0.5, 0.6) is 11.5 Å². The summed E-state index contributed by atoms with van der Waals surface area (Å²) >= 11 is 0. The molecule has 0 radical (unpaired) electrons. The summed E-state index contributed by atoms with van der Waals surface area (Å²) in [7, 11) is 3.14. The van der Waals surface area contributed by atoms with E-state index in [1.54, 1.807) is 26.4 Å². The van der Waals surface area contributed by atoms with E-state index in [0.29, 0.717) is 34.0 Å². The fourth-order valence-electron chi connectivity index (χ4n) is 3.24. The summed E-state index contributed by atoms with van der Waals surface area (Å²) in [6.45, 7) is 0. The second kappa shape index (κ2) is 8.21. The molecule has 3 aromatic carbocycles. The van der Waals surface area contributed by atoms with Gasteiger partial charge in [-0.2, -0.15) is 0 Å². The van der Waals surface area contributed by atoms with Crippen molar-refractivity contribution >= 4 is 22.5 Å². The molecular formula is C24H19FN2O3. The molecule has 0 aliphatic heterocycles. The summed E-state index contributed by atoms with van der Waals surface area (Å²) in [5, 5.41) is 3.54. The number of anilines is 1. The van der Waals surface area contributed by atoms with Crippen LogP contribution in [0.2, 0.25) is 0 Å². The molecule has 0 aliphatic carbocycles. The fraction of sp³-hybridized carbons (Fsp3) is 0.0833. The molecule has 1 amide bonds. The van der Waals surface area contributed by atoms with Crippen LogP contribution in [0.4, 0.5) is 10.1 Å². The van der Waals surface area contributed by atoms with Gasteiger partial charge >= 0.3 is 0 Å². The topological polar surface area (TPSA) is 60.5 Å². The first-order chi connectivity index (χ1) is 14.6. The van der Waals surface area contributed by atoms with Crippen molar-refractivity contribution < 1.29 is 18.7 Å². The van der Waals surface area contributed by atoms with Gasteiger partial charge in [0, 0.05) is 16.6 Å². The van der Waals surface area contributed by atoms with Gasteiger partial charge in [-0.25, -0.2) is 9.37 Å². The molecule has 0 aliphatic rings. The van der Waals surface area contributed by atoms with E-state index in [2.05, 4.69) is 5.32 Å². The van der Waals surface area contributed by atoms with E-state index in [0.717, 1.165) is 10.9 Å². The fourth-order valence-corrected chi connectivity index (χ4v) is 3.24. The molecule has 0 bridgehead atoms. The average molecular weight is 402 g/mol. The maximum Gasteiger partial charge on any atom is 0.256 e. The van der Waals surface area contributed by atoms with Crippen LogP contribution in [0, 0.1) is 5.82 Å². The van der Waals surface area contributed by atoms with Gasteiger partial charge in [0.15, 0.2) is 11.5 Å². The van der Waals surface area contributed by atoms with Crippen LogP contribution in [-0.2, 0) is 0 Å². The highest BCUT2D eigenvalue weighted by molar-refractivity contribution is 6.13. The molecule has 4 rings (SSSR count). The number of para-hydroxylation sites is 1. The molecule has 150 valence electrons. The average Bonchev–Trinajstić information content (AvgIpc) is 2.79. The van der Waals surface area contributed by atoms with Crippen molar-refractivity contribution in [3.63, 3.8) is 0 Å². The molecule has 0 atom stereocenters. The zero-order valence-electron chi connectivity index (χ0n) is 16.5. The molecule has 1 heterocycles. The molecular weight excluding hydrogens is 383 g/mol. The van der Waals surface area contributed by atoms with Crippen molar-refractivity contribution in [3.8, 4) is 22.8 Å². The Morgan fingerprint density at radius 2 is 1.63 bits per heavy atom. The van der Waals surface area contributed by atoms with Crippen LogP contribution in [-0.4, -0.2) is 25.1 Å². The van der Waals surface area contributed by atoms with Gasteiger partial charge in [0.2, 0.25) is 0 Å². The van der Waals surface area contributed by atoms with Crippen molar-refractivity contribution in [2.45, 2.75) is 0 Å². The molecule has 1 aromatic heterocycles. The number of ether oxygens (including phenoxy) is 2. The number of halogens is 1. The van der Waals surface area contributed by atoms with Gasteiger partial charge in [-0.1, -0.05) is 18.2 Å². The van der Waals surface area contributed by atoms with Crippen LogP contribution in [0.15, 0.2) is 72.8 Å². The lowest BCUT2D eigenvalue weighted by Gasteiger charge is -2.12. The first-order valence-electron chi connectivity index (χ1n) is 9.28. The molecule has 0 spiro atoms. The summed E-state index contributed by atoms with van der Waals surface area (Å²) < 4.78 is 23.9. The summed E-state index contributed by atoms with van der Waals surface area (Å²) in [6, 6.07) is 20.3. The minimum absolute atomic E-state index is 0.304. The number of benzene rings is 3. The van der Waals surface area contributed by atoms with Crippen molar-refractivity contribution in [2.75, 3.05) is 19.5 Å². The van der Waals surface area contributed by atoms with Gasteiger partial charge in [-0.15, -0.1) is 0 Å². The SMILES string of the molecule is COc1ccc(-c2cc(C(=O)Nc3ccc(F)cc3)c3ccccc3n2)cc1OC. The third-order valence-corrected chi connectivity index (χ3v) is 4.74. The number of amides is 1. The highest BCUT2D eigenvalue weighted by Gasteiger charge is 2.15. The number of nitrogens with one attached hydrogen (secondary N) is 1. The highest BCUT2D eigenvalue weighted by Crippen LogP contribution is 2.33. The number of nitrogens with zero attached hydrogens (tertiary/aromatic N) is 1. The summed E-state index contributed by atoms with van der Waals surface area (Å²) in [4.78, 5) is 17.8. The number of aromatic nitrogens is 1. The van der Waals surface area contributed by atoms with Crippen molar-refractivity contribution in [3.05, 3.63) is 84.2 Å². The van der Waals surface area contributed by atoms with Gasteiger partial charge in [-0.3, -0.25) is 4.79 Å². The summed E-state index contributed by atoms with van der Waals surface area (Å²) in [6.07, 6.45) is 0. The van der Waals surface area contributed by atoms with E-state index in [1.165, 1.54) is 24.3 Å². The Bertz CT molecular complexity index is 1220. The third kappa shape index (κ3) is 3.80. The van der Waals surface area contributed by atoms with Crippen molar-refractivity contribution in [2.24, 2.45) is 0 Å². The Labute approximate surface area is 173 Å². The largest absolute Gasteiger partial charge is 0.493 e. The monoisotopic (exact) mass is 402 g/mol. The van der Waals surface area contributed by atoms with E-state index in [4.69, 9.17) is 14.5 Å². The Balaban J connectivity index is 1.80. The summed E-state index contributed by atoms with van der Waals surface area (Å²) in [5.41, 5.74) is 3.08. The number of methoxy groups -OCH3 is 2. The van der Waals surface area contributed by atoms with Crippen LogP contribution in [0.25, 0.3) is 22.2 Å². The lowest BCUT2D eigenvalue weighted by molar-refractivity contribution is 0.102. The number of pyridine rings is 1. The molecule has 30 heavy (non-hydrogen) atoms. The number of hydrogen-bond acceptors (Lipinski definition) is 4. The molecule has 0 saturated carbocycles. The Morgan fingerprint density at radius 3 is 2.37 bits per heavy atom. The zero-order chi connectivity index (χ0) is 21.1. The lowest BCUT2D eigenvalue weighted by atomic mass is 10.0. The first-order valence-corrected chi connectivity index (χ1v) is 9.28. The van der Waals surface area contributed by atoms with E-state index in [9.17, 15) is 9.18 Å². The number of fused-ring (bicyclic) bond motifs is 1. The van der Waals surface area contributed by atoms with Gasteiger partial charge in [0.25, 0.3) is 5.91 Å². The standard InChI is InChI=1S/C24H19FN2O3/c1-29-22-12-7-15(13-23(22)30-2)21-14-19(18-5-3-4-6-20(18)27-21)24(28)26-17-10-8-16(25)9-11-17/h3-14H,1-2H3,(H,26,28). The molecule has 0 fully saturated rings. The van der Waals surface area contributed by atoms with E-state index >= 15 is 0 Å². The Hall–Kier alpha value is -3.93. The number of rotatable bonds is 5. The smallest absolute Gasteiger partial charge is 0.256 e. The van der Waals surface area contributed by atoms with Gasteiger partial charge in [0.1, 0.15) is 5.82 Å². The number of hydrogen-bond donors (Lipinski definition) is 1. The van der Waals surface area contributed by atoms with Crippen LogP contribution < -0.4 is 14.8 Å². The first kappa shape index (κ1) is 19.4. The maximum absolute atomic E-state index is 13.2. The molecule has 5 nitrogen and oxygen atoms in total. The quantitative estimate of drug-likeness (QED) is 0.491. The zero-order valence-corrected chi connectivity index (χ0v) is 16.5. The van der Waals surface area contributed by atoms with E-state index in [1.807, 2.05) is 36.4 Å². The highest BCUT2D eigenvalue weighted by atomic mass is 19.1. The predicted molar refractivity (Wildman–Crippen MR) is 115 cm³/mol. The Kier molecular flexibility index (Phi) is 5.30. The molecule has 6 heteroatoms. The third-order valence-electron chi connectivity index (χ3n) is 4.74. The lowest BCUT2D eigenvalue weighted by Crippen LogP contribution is -2.13. The molecule has 4 aromatic rings. The van der Waals surface area contributed by atoms with Crippen LogP contribution in [0.1, 0.15) is 10.4 Å². The second-order valence-corrected chi connectivity index (χ2v) is 6.60. The normalized spacial score (nSPS) is 10.6. The number of carbonyl (C=O) groups excluding carboxylic acids is 1. The Morgan fingerprint density at radius 1 is 0.900 bits per heavy atom. The van der Waals surface area contributed by atoms with Crippen molar-refractivity contribution in [1.82, 2.24) is 4.98 Å². The minimum atomic E-state index is -0.363. The predicted octanol–water partition coefficient (Wildman–Crippen LogP) is 5.31. The van der Waals surface area contributed by atoms with E-state index in [-0.39, 0.29) is 11.7 Å². The van der Waals surface area contributed by atoms with Crippen LogP contribution >= 0.6 is 0 Å². The minimum Gasteiger partial charge on any atom is -0.493 e. The molecule has 1 N–H and O–H groups in total. The maximum atomic E-state index is 13.2. The van der Waals surface area contributed by atoms with Crippen molar-refractivity contribution in [1.29, 1.82) is 0 Å². The van der Waals surface area contributed by atoms with Gasteiger partial charge < -0.3 is 14.8 Å². The second-order valence-electron chi connectivity index (χ2n) is 6.60. The van der Waals surface area contributed by atoms with Gasteiger partial charge in [0.05, 0.1) is 31.0 Å².